The second-order valence-electron chi connectivity index (χ2n) is 7.18. The van der Waals surface area contributed by atoms with Crippen LogP contribution in [0.25, 0.3) is 0 Å². The molecular formula is C20H25N3O2S. The molecule has 6 heteroatoms. The summed E-state index contributed by atoms with van der Waals surface area (Å²) < 4.78 is 28.0. The molecule has 2 aromatic rings. The predicted octanol–water partition coefficient (Wildman–Crippen LogP) is 3.04. The van der Waals surface area contributed by atoms with E-state index in [1.807, 2.05) is 24.3 Å². The van der Waals surface area contributed by atoms with Gasteiger partial charge in [0.15, 0.2) is 0 Å². The van der Waals surface area contributed by atoms with Crippen molar-refractivity contribution >= 4 is 15.8 Å². The molecule has 1 aromatic carbocycles. The first-order valence-corrected chi connectivity index (χ1v) is 10.9. The van der Waals surface area contributed by atoms with Crippen LogP contribution in [0.1, 0.15) is 42.4 Å². The van der Waals surface area contributed by atoms with E-state index in [0.29, 0.717) is 4.90 Å². The van der Waals surface area contributed by atoms with Crippen LogP contribution in [-0.2, 0) is 29.4 Å². The molecule has 1 N–H and O–H groups in total. The molecule has 1 saturated heterocycles. The number of hydrogen-bond acceptors (Lipinski definition) is 4. The Hall–Kier alpha value is -1.92. The molecule has 0 saturated carbocycles. The zero-order chi connectivity index (χ0) is 18.0. The average molecular weight is 372 g/mol. The zero-order valence-electron chi connectivity index (χ0n) is 14.9. The van der Waals surface area contributed by atoms with E-state index in [-0.39, 0.29) is 6.54 Å². The summed E-state index contributed by atoms with van der Waals surface area (Å²) >= 11 is 0. The highest BCUT2D eigenvalue weighted by atomic mass is 32.2. The summed E-state index contributed by atoms with van der Waals surface area (Å²) in [7, 11) is -3.51. The van der Waals surface area contributed by atoms with E-state index < -0.39 is 10.0 Å². The molecule has 0 bridgehead atoms. The topological polar surface area (TPSA) is 62.3 Å². The van der Waals surface area contributed by atoms with Gasteiger partial charge in [0, 0.05) is 25.8 Å². The fourth-order valence-corrected chi connectivity index (χ4v) is 4.86. The van der Waals surface area contributed by atoms with Gasteiger partial charge in [-0.05, 0) is 73.4 Å². The summed E-state index contributed by atoms with van der Waals surface area (Å²) in [6, 6.07) is 9.46. The first-order valence-electron chi connectivity index (χ1n) is 9.43. The molecule has 0 radical (unpaired) electrons. The van der Waals surface area contributed by atoms with Crippen molar-refractivity contribution in [3.05, 3.63) is 53.2 Å². The number of nitrogens with one attached hydrogen (secondary N) is 1. The fourth-order valence-electron chi connectivity index (χ4n) is 3.79. The van der Waals surface area contributed by atoms with Crippen LogP contribution in [0, 0.1) is 0 Å². The number of aromatic nitrogens is 1. The Morgan fingerprint density at radius 2 is 1.73 bits per heavy atom. The van der Waals surface area contributed by atoms with Crippen molar-refractivity contribution < 1.29 is 8.42 Å². The molecule has 4 rings (SSSR count). The molecule has 26 heavy (non-hydrogen) atoms. The molecule has 2 heterocycles. The third-order valence-electron chi connectivity index (χ3n) is 5.34. The van der Waals surface area contributed by atoms with E-state index in [9.17, 15) is 8.42 Å². The van der Waals surface area contributed by atoms with E-state index in [1.165, 1.54) is 30.4 Å². The van der Waals surface area contributed by atoms with Gasteiger partial charge in [0.25, 0.3) is 0 Å². The third kappa shape index (κ3) is 3.76. The molecule has 0 unspecified atom stereocenters. The molecule has 1 fully saturated rings. The van der Waals surface area contributed by atoms with Crippen molar-refractivity contribution in [1.82, 2.24) is 9.71 Å². The van der Waals surface area contributed by atoms with Gasteiger partial charge in [-0.25, -0.2) is 18.1 Å². The molecular weight excluding hydrogens is 346 g/mol. The van der Waals surface area contributed by atoms with Gasteiger partial charge in [-0.3, -0.25) is 0 Å². The Balaban J connectivity index is 1.43. The van der Waals surface area contributed by atoms with Gasteiger partial charge in [0.2, 0.25) is 10.0 Å². The van der Waals surface area contributed by atoms with Crippen molar-refractivity contribution in [2.75, 3.05) is 18.0 Å². The van der Waals surface area contributed by atoms with E-state index in [2.05, 4.69) is 14.6 Å². The largest absolute Gasteiger partial charge is 0.357 e. The number of benzene rings is 1. The summed E-state index contributed by atoms with van der Waals surface area (Å²) in [5.41, 5.74) is 3.34. The van der Waals surface area contributed by atoms with Crippen molar-refractivity contribution in [2.24, 2.45) is 0 Å². The Kier molecular flexibility index (Phi) is 4.96. The van der Waals surface area contributed by atoms with E-state index in [1.54, 1.807) is 12.3 Å². The van der Waals surface area contributed by atoms with Gasteiger partial charge < -0.3 is 4.90 Å². The smallest absolute Gasteiger partial charge is 0.240 e. The summed E-state index contributed by atoms with van der Waals surface area (Å²) in [5, 5.41) is 0. The lowest BCUT2D eigenvalue weighted by atomic mass is 9.92. The predicted molar refractivity (Wildman–Crippen MR) is 103 cm³/mol. The highest BCUT2D eigenvalue weighted by Crippen LogP contribution is 2.24. The zero-order valence-corrected chi connectivity index (χ0v) is 15.8. The van der Waals surface area contributed by atoms with Crippen LogP contribution in [0.3, 0.4) is 0 Å². The second kappa shape index (κ2) is 7.37. The number of anilines is 1. The Morgan fingerprint density at radius 1 is 0.962 bits per heavy atom. The minimum absolute atomic E-state index is 0.257. The number of sulfonamides is 1. The van der Waals surface area contributed by atoms with E-state index in [0.717, 1.165) is 43.7 Å². The molecule has 1 aliphatic carbocycles. The third-order valence-corrected chi connectivity index (χ3v) is 6.73. The second-order valence-corrected chi connectivity index (χ2v) is 8.95. The molecule has 0 amide bonds. The Labute approximate surface area is 155 Å². The van der Waals surface area contributed by atoms with Crippen molar-refractivity contribution in [3.63, 3.8) is 0 Å². The molecule has 138 valence electrons. The number of pyridine rings is 1. The summed E-state index contributed by atoms with van der Waals surface area (Å²) in [4.78, 5) is 7.11. The van der Waals surface area contributed by atoms with Gasteiger partial charge >= 0.3 is 0 Å². The van der Waals surface area contributed by atoms with Crippen LogP contribution in [0.2, 0.25) is 0 Å². The molecule has 2 aliphatic rings. The number of fused-ring (bicyclic) bond motifs is 1. The lowest BCUT2D eigenvalue weighted by molar-refractivity contribution is 0.580. The number of aryl methyl sites for hydroxylation is 2. The molecule has 0 spiro atoms. The van der Waals surface area contributed by atoms with Gasteiger partial charge in [-0.2, -0.15) is 0 Å². The van der Waals surface area contributed by atoms with Crippen LogP contribution in [-0.4, -0.2) is 26.5 Å². The van der Waals surface area contributed by atoms with Crippen LogP contribution in [0.4, 0.5) is 5.82 Å². The maximum atomic E-state index is 12.6. The maximum Gasteiger partial charge on any atom is 0.240 e. The summed E-state index contributed by atoms with van der Waals surface area (Å²) in [5.74, 6) is 0.976. The molecule has 5 nitrogen and oxygen atoms in total. The van der Waals surface area contributed by atoms with E-state index >= 15 is 0 Å². The summed E-state index contributed by atoms with van der Waals surface area (Å²) in [6.45, 7) is 2.36. The van der Waals surface area contributed by atoms with Crippen molar-refractivity contribution in [2.45, 2.75) is 50.0 Å². The van der Waals surface area contributed by atoms with Crippen molar-refractivity contribution in [3.8, 4) is 0 Å². The van der Waals surface area contributed by atoms with Crippen LogP contribution < -0.4 is 9.62 Å². The first kappa shape index (κ1) is 17.5. The van der Waals surface area contributed by atoms with E-state index in [4.69, 9.17) is 0 Å². The first-order chi connectivity index (χ1) is 12.6. The normalized spacial score (nSPS) is 17.3. The quantitative estimate of drug-likeness (QED) is 0.877. The number of nitrogens with zero attached hydrogens (tertiary/aromatic N) is 2. The van der Waals surface area contributed by atoms with Crippen LogP contribution in [0.15, 0.2) is 41.4 Å². The lowest BCUT2D eigenvalue weighted by Crippen LogP contribution is -2.24. The number of hydrogen-bond donors (Lipinski definition) is 1. The lowest BCUT2D eigenvalue weighted by Gasteiger charge is -2.17. The molecule has 1 aromatic heterocycles. The van der Waals surface area contributed by atoms with Gasteiger partial charge in [-0.15, -0.1) is 0 Å². The van der Waals surface area contributed by atoms with Crippen LogP contribution >= 0.6 is 0 Å². The molecule has 0 atom stereocenters. The number of rotatable bonds is 5. The molecule has 1 aliphatic heterocycles. The standard InChI is InChI=1S/C20H25N3O2S/c24-26(25,19-9-8-17-5-1-2-6-18(17)13-19)22-15-16-7-10-20(21-14-16)23-11-3-4-12-23/h7-10,13-14,22H,1-6,11-12,15H2. The highest BCUT2D eigenvalue weighted by molar-refractivity contribution is 7.89. The maximum absolute atomic E-state index is 12.6. The van der Waals surface area contributed by atoms with Crippen LogP contribution in [0.5, 0.6) is 0 Å². The minimum Gasteiger partial charge on any atom is -0.357 e. The summed E-state index contributed by atoms with van der Waals surface area (Å²) in [6.07, 6.45) is 8.55. The SMILES string of the molecule is O=S(=O)(NCc1ccc(N2CCCC2)nc1)c1ccc2c(c1)CCCC2. The Morgan fingerprint density at radius 3 is 2.46 bits per heavy atom. The van der Waals surface area contributed by atoms with Gasteiger partial charge in [-0.1, -0.05) is 12.1 Å². The minimum atomic E-state index is -3.51. The van der Waals surface area contributed by atoms with Crippen molar-refractivity contribution in [1.29, 1.82) is 0 Å². The average Bonchev–Trinajstić information content (AvgIpc) is 3.21. The Bertz CT molecular complexity index is 872. The van der Waals surface area contributed by atoms with Gasteiger partial charge in [0.05, 0.1) is 4.90 Å². The van der Waals surface area contributed by atoms with Gasteiger partial charge in [0.1, 0.15) is 5.82 Å². The highest BCUT2D eigenvalue weighted by Gasteiger charge is 2.18. The fraction of sp³-hybridized carbons (Fsp3) is 0.450. The monoisotopic (exact) mass is 371 g/mol.